The second kappa shape index (κ2) is 4.57. The van der Waals surface area contributed by atoms with Gasteiger partial charge in [0.15, 0.2) is 0 Å². The van der Waals surface area contributed by atoms with E-state index in [0.717, 1.165) is 17.2 Å². The molecule has 1 aromatic rings. The molecule has 0 aliphatic carbocycles. The van der Waals surface area contributed by atoms with Crippen LogP contribution in [0.1, 0.15) is 16.7 Å². The van der Waals surface area contributed by atoms with Crippen molar-refractivity contribution < 1.29 is 14.8 Å². The van der Waals surface area contributed by atoms with Gasteiger partial charge in [0, 0.05) is 18.2 Å². The van der Waals surface area contributed by atoms with Gasteiger partial charge in [0.1, 0.15) is 0 Å². The van der Waals surface area contributed by atoms with E-state index in [2.05, 4.69) is 0 Å². The Labute approximate surface area is 92.2 Å². The smallest absolute Gasteiger partial charge is 0.328 e. The van der Waals surface area contributed by atoms with Crippen LogP contribution in [-0.4, -0.2) is 16.0 Å². The molecule has 1 aromatic carbocycles. The minimum Gasteiger partial charge on any atom is -0.478 e. The van der Waals surface area contributed by atoms with Crippen molar-refractivity contribution in [1.29, 1.82) is 0 Å². The lowest BCUT2D eigenvalue weighted by atomic mass is 10.0. The number of carboxylic acids is 1. The topological polar surface area (TPSA) is 80.4 Å². The van der Waals surface area contributed by atoms with Gasteiger partial charge in [0.05, 0.1) is 4.92 Å². The first-order chi connectivity index (χ1) is 7.41. The third-order valence-corrected chi connectivity index (χ3v) is 2.31. The molecule has 0 heterocycles. The summed E-state index contributed by atoms with van der Waals surface area (Å²) in [5, 5.41) is 19.1. The Kier molecular flexibility index (Phi) is 3.40. The maximum atomic E-state index is 10.6. The number of nitro groups is 1. The molecule has 0 unspecified atom stereocenters. The molecule has 0 amide bonds. The van der Waals surface area contributed by atoms with Crippen LogP contribution in [0.3, 0.4) is 0 Å². The second-order valence-electron chi connectivity index (χ2n) is 3.41. The zero-order valence-corrected chi connectivity index (χ0v) is 8.93. The highest BCUT2D eigenvalue weighted by Crippen LogP contribution is 2.22. The van der Waals surface area contributed by atoms with Crippen LogP contribution in [0.2, 0.25) is 0 Å². The average molecular weight is 221 g/mol. The number of nitro benzene ring substituents is 1. The molecule has 0 radical (unpaired) electrons. The molecule has 0 aliphatic heterocycles. The molecule has 0 atom stereocenters. The normalized spacial score (nSPS) is 10.6. The van der Waals surface area contributed by atoms with Gasteiger partial charge < -0.3 is 5.11 Å². The summed E-state index contributed by atoms with van der Waals surface area (Å²) >= 11 is 0. The quantitative estimate of drug-likeness (QED) is 0.482. The average Bonchev–Trinajstić information content (AvgIpc) is 2.19. The molecule has 5 heteroatoms. The van der Waals surface area contributed by atoms with Crippen molar-refractivity contribution >= 4 is 17.7 Å². The van der Waals surface area contributed by atoms with Crippen molar-refractivity contribution in [2.45, 2.75) is 13.8 Å². The Hall–Kier alpha value is -2.17. The molecular formula is C11H11NO4. The van der Waals surface area contributed by atoms with E-state index in [1.807, 2.05) is 0 Å². The van der Waals surface area contributed by atoms with Crippen LogP contribution in [0, 0.1) is 24.0 Å². The standard InChI is InChI=1S/C11H11NO4/c1-7-5-10(12(15)16)6-9(8(7)2)3-4-11(13)14/h3-6H,1-2H3,(H,13,14)/b4-3+. The van der Waals surface area contributed by atoms with Gasteiger partial charge in [-0.05, 0) is 36.6 Å². The summed E-state index contributed by atoms with van der Waals surface area (Å²) in [5.41, 5.74) is 2.12. The Morgan fingerprint density at radius 3 is 2.56 bits per heavy atom. The molecule has 0 saturated heterocycles. The molecule has 1 N–H and O–H groups in total. The van der Waals surface area contributed by atoms with E-state index in [1.54, 1.807) is 13.8 Å². The first-order valence-electron chi connectivity index (χ1n) is 4.58. The van der Waals surface area contributed by atoms with Gasteiger partial charge in [-0.1, -0.05) is 0 Å². The van der Waals surface area contributed by atoms with Gasteiger partial charge in [-0.3, -0.25) is 10.1 Å². The summed E-state index contributed by atoms with van der Waals surface area (Å²) in [7, 11) is 0. The van der Waals surface area contributed by atoms with E-state index in [-0.39, 0.29) is 5.69 Å². The van der Waals surface area contributed by atoms with Gasteiger partial charge in [0.2, 0.25) is 0 Å². The monoisotopic (exact) mass is 221 g/mol. The number of hydrogen-bond acceptors (Lipinski definition) is 3. The summed E-state index contributed by atoms with van der Waals surface area (Å²) in [5.74, 6) is -1.08. The van der Waals surface area contributed by atoms with Crippen LogP contribution in [0.25, 0.3) is 6.08 Å². The molecule has 0 bridgehead atoms. The van der Waals surface area contributed by atoms with E-state index < -0.39 is 10.9 Å². The summed E-state index contributed by atoms with van der Waals surface area (Å²) < 4.78 is 0. The van der Waals surface area contributed by atoms with E-state index in [4.69, 9.17) is 5.11 Å². The van der Waals surface area contributed by atoms with E-state index in [9.17, 15) is 14.9 Å². The zero-order chi connectivity index (χ0) is 12.3. The van der Waals surface area contributed by atoms with Gasteiger partial charge in [-0.15, -0.1) is 0 Å². The fourth-order valence-corrected chi connectivity index (χ4v) is 1.31. The van der Waals surface area contributed by atoms with E-state index in [1.165, 1.54) is 18.2 Å². The van der Waals surface area contributed by atoms with Crippen molar-refractivity contribution in [3.8, 4) is 0 Å². The van der Waals surface area contributed by atoms with E-state index >= 15 is 0 Å². The molecule has 1 rings (SSSR count). The molecule has 0 aromatic heterocycles. The second-order valence-corrected chi connectivity index (χ2v) is 3.41. The fourth-order valence-electron chi connectivity index (χ4n) is 1.31. The van der Waals surface area contributed by atoms with Crippen LogP contribution in [0.4, 0.5) is 5.69 Å². The minimum atomic E-state index is -1.08. The number of non-ortho nitro benzene ring substituents is 1. The van der Waals surface area contributed by atoms with Crippen LogP contribution < -0.4 is 0 Å². The lowest BCUT2D eigenvalue weighted by molar-refractivity contribution is -0.384. The number of carbonyl (C=O) groups is 1. The summed E-state index contributed by atoms with van der Waals surface area (Å²) in [6.07, 6.45) is 2.32. The Balaban J connectivity index is 3.27. The van der Waals surface area contributed by atoms with Crippen LogP contribution in [0.15, 0.2) is 18.2 Å². The van der Waals surface area contributed by atoms with Gasteiger partial charge in [-0.2, -0.15) is 0 Å². The van der Waals surface area contributed by atoms with Crippen molar-refractivity contribution in [3.05, 3.63) is 45.0 Å². The molecule has 0 aliphatic rings. The predicted molar refractivity (Wildman–Crippen MR) is 59.2 cm³/mol. The SMILES string of the molecule is Cc1cc([N+](=O)[O-])cc(/C=C/C(=O)O)c1C. The lowest BCUT2D eigenvalue weighted by Crippen LogP contribution is -1.94. The molecular weight excluding hydrogens is 210 g/mol. The van der Waals surface area contributed by atoms with Crippen molar-refractivity contribution in [2.24, 2.45) is 0 Å². The Bertz CT molecular complexity index is 477. The molecule has 0 fully saturated rings. The minimum absolute atomic E-state index is 0.0341. The van der Waals surface area contributed by atoms with Crippen LogP contribution >= 0.6 is 0 Å². The van der Waals surface area contributed by atoms with Crippen LogP contribution in [-0.2, 0) is 4.79 Å². The zero-order valence-electron chi connectivity index (χ0n) is 8.93. The molecule has 0 spiro atoms. The number of aliphatic carboxylic acids is 1. The Morgan fingerprint density at radius 2 is 2.06 bits per heavy atom. The van der Waals surface area contributed by atoms with Crippen molar-refractivity contribution in [2.75, 3.05) is 0 Å². The highest BCUT2D eigenvalue weighted by atomic mass is 16.6. The first-order valence-corrected chi connectivity index (χ1v) is 4.58. The van der Waals surface area contributed by atoms with Crippen molar-refractivity contribution in [3.63, 3.8) is 0 Å². The number of aryl methyl sites for hydroxylation is 1. The highest BCUT2D eigenvalue weighted by Gasteiger charge is 2.10. The third kappa shape index (κ3) is 2.66. The van der Waals surface area contributed by atoms with Gasteiger partial charge in [-0.25, -0.2) is 4.79 Å². The fraction of sp³-hybridized carbons (Fsp3) is 0.182. The molecule has 16 heavy (non-hydrogen) atoms. The largest absolute Gasteiger partial charge is 0.478 e. The maximum absolute atomic E-state index is 10.6. The summed E-state index contributed by atoms with van der Waals surface area (Å²) in [6, 6.07) is 2.83. The van der Waals surface area contributed by atoms with E-state index in [0.29, 0.717) is 5.56 Å². The number of hydrogen-bond donors (Lipinski definition) is 1. The number of carboxylic acid groups (broad SMARTS) is 1. The highest BCUT2D eigenvalue weighted by molar-refractivity contribution is 5.85. The maximum Gasteiger partial charge on any atom is 0.328 e. The Morgan fingerprint density at radius 1 is 1.44 bits per heavy atom. The first kappa shape index (κ1) is 11.9. The van der Waals surface area contributed by atoms with Crippen molar-refractivity contribution in [1.82, 2.24) is 0 Å². The lowest BCUT2D eigenvalue weighted by Gasteiger charge is -2.04. The molecule has 0 saturated carbocycles. The molecule has 5 nitrogen and oxygen atoms in total. The van der Waals surface area contributed by atoms with Crippen LogP contribution in [0.5, 0.6) is 0 Å². The number of nitrogens with zero attached hydrogens (tertiary/aromatic N) is 1. The third-order valence-electron chi connectivity index (χ3n) is 2.31. The summed E-state index contributed by atoms with van der Waals surface area (Å²) in [4.78, 5) is 20.5. The number of rotatable bonds is 3. The van der Waals surface area contributed by atoms with Gasteiger partial charge >= 0.3 is 5.97 Å². The van der Waals surface area contributed by atoms with Gasteiger partial charge in [0.25, 0.3) is 5.69 Å². The molecule has 84 valence electrons. The summed E-state index contributed by atoms with van der Waals surface area (Å²) in [6.45, 7) is 3.54. The number of benzene rings is 1. The predicted octanol–water partition coefficient (Wildman–Crippen LogP) is 2.31.